The fourth-order valence-electron chi connectivity index (χ4n) is 1.49. The minimum atomic E-state index is -4.51. The van der Waals surface area contributed by atoms with Gasteiger partial charge in [0.25, 0.3) is 0 Å². The molecule has 1 aromatic carbocycles. The van der Waals surface area contributed by atoms with Gasteiger partial charge in [0.05, 0.1) is 0 Å². The van der Waals surface area contributed by atoms with Crippen LogP contribution in [0.1, 0.15) is 11.6 Å². The summed E-state index contributed by atoms with van der Waals surface area (Å²) in [5.74, 6) is 0. The minimum absolute atomic E-state index is 0.0455. The van der Waals surface area contributed by atoms with E-state index in [1.807, 2.05) is 0 Å². The SMILES string of the molecule is FC(F)(F)C(c1ccccc1)n1nc(Cl)c(Br)n1. The highest BCUT2D eigenvalue weighted by atomic mass is 79.9. The molecule has 1 unspecified atom stereocenters. The first-order valence-corrected chi connectivity index (χ1v) is 5.96. The molecule has 1 heterocycles. The van der Waals surface area contributed by atoms with Gasteiger partial charge < -0.3 is 0 Å². The molecule has 0 spiro atoms. The van der Waals surface area contributed by atoms with E-state index in [0.29, 0.717) is 4.80 Å². The number of hydrogen-bond acceptors (Lipinski definition) is 2. The molecule has 2 rings (SSSR count). The Hall–Kier alpha value is -1.08. The summed E-state index contributed by atoms with van der Waals surface area (Å²) in [4.78, 5) is 0.557. The van der Waals surface area contributed by atoms with E-state index < -0.39 is 12.2 Å². The molecular formula is C10H6BrClF3N3. The van der Waals surface area contributed by atoms with Gasteiger partial charge in [-0.2, -0.15) is 18.0 Å². The van der Waals surface area contributed by atoms with Gasteiger partial charge in [0, 0.05) is 0 Å². The first kappa shape index (κ1) is 13.4. The van der Waals surface area contributed by atoms with Crippen molar-refractivity contribution in [3.63, 3.8) is 0 Å². The molecule has 0 saturated carbocycles. The Kier molecular flexibility index (Phi) is 3.63. The number of hydrogen-bond donors (Lipinski definition) is 0. The van der Waals surface area contributed by atoms with E-state index in [1.165, 1.54) is 24.3 Å². The molecular weight excluding hydrogens is 334 g/mol. The Balaban J connectivity index is 2.51. The molecule has 0 bridgehead atoms. The van der Waals surface area contributed by atoms with E-state index in [0.717, 1.165) is 0 Å². The maximum atomic E-state index is 13.1. The standard InChI is InChI=1S/C10H6BrClF3N3/c11-8-9(12)17-18(16-8)7(10(13,14)15)6-4-2-1-3-5-6/h1-5,7H. The zero-order valence-corrected chi connectivity index (χ0v) is 11.0. The second kappa shape index (κ2) is 4.89. The lowest BCUT2D eigenvalue weighted by Gasteiger charge is -2.19. The Labute approximate surface area is 114 Å². The largest absolute Gasteiger partial charge is 0.416 e. The summed E-state index contributed by atoms with van der Waals surface area (Å²) in [6.45, 7) is 0. The van der Waals surface area contributed by atoms with Crippen LogP contribution in [0.5, 0.6) is 0 Å². The zero-order valence-electron chi connectivity index (χ0n) is 8.70. The molecule has 96 valence electrons. The number of nitrogens with zero attached hydrogens (tertiary/aromatic N) is 3. The summed E-state index contributed by atoms with van der Waals surface area (Å²) in [5.41, 5.74) is 0.0455. The van der Waals surface area contributed by atoms with Crippen molar-refractivity contribution >= 4 is 27.5 Å². The molecule has 1 atom stereocenters. The van der Waals surface area contributed by atoms with Crippen LogP contribution >= 0.6 is 27.5 Å². The number of benzene rings is 1. The summed E-state index contributed by atoms with van der Waals surface area (Å²) in [6, 6.07) is 5.45. The van der Waals surface area contributed by atoms with Crippen molar-refractivity contribution in [1.29, 1.82) is 0 Å². The van der Waals surface area contributed by atoms with Crippen molar-refractivity contribution in [2.24, 2.45) is 0 Å². The molecule has 0 saturated heterocycles. The van der Waals surface area contributed by atoms with Crippen LogP contribution in [-0.2, 0) is 0 Å². The average molecular weight is 341 g/mol. The van der Waals surface area contributed by atoms with Crippen molar-refractivity contribution in [1.82, 2.24) is 15.0 Å². The Bertz CT molecular complexity index is 522. The van der Waals surface area contributed by atoms with Crippen LogP contribution in [0.2, 0.25) is 5.15 Å². The summed E-state index contributed by atoms with van der Waals surface area (Å²) >= 11 is 8.53. The molecule has 1 aromatic heterocycles. The first-order chi connectivity index (χ1) is 8.39. The molecule has 8 heteroatoms. The van der Waals surface area contributed by atoms with E-state index in [1.54, 1.807) is 6.07 Å². The first-order valence-electron chi connectivity index (χ1n) is 4.79. The summed E-state index contributed by atoms with van der Waals surface area (Å²) < 4.78 is 39.3. The lowest BCUT2D eigenvalue weighted by Crippen LogP contribution is -2.29. The van der Waals surface area contributed by atoms with Crippen molar-refractivity contribution in [2.75, 3.05) is 0 Å². The van der Waals surface area contributed by atoms with Crippen LogP contribution in [0.25, 0.3) is 0 Å². The average Bonchev–Trinajstić information content (AvgIpc) is 2.58. The molecule has 0 aliphatic carbocycles. The van der Waals surface area contributed by atoms with Crippen LogP contribution < -0.4 is 0 Å². The summed E-state index contributed by atoms with van der Waals surface area (Å²) in [6.07, 6.45) is -4.51. The highest BCUT2D eigenvalue weighted by Crippen LogP contribution is 2.36. The Morgan fingerprint density at radius 3 is 2.22 bits per heavy atom. The third kappa shape index (κ3) is 2.67. The van der Waals surface area contributed by atoms with Crippen molar-refractivity contribution < 1.29 is 13.2 Å². The van der Waals surface area contributed by atoms with E-state index in [9.17, 15) is 13.2 Å². The molecule has 2 aromatic rings. The van der Waals surface area contributed by atoms with E-state index in [-0.39, 0.29) is 15.3 Å². The normalized spacial score (nSPS) is 13.6. The van der Waals surface area contributed by atoms with Crippen molar-refractivity contribution in [3.8, 4) is 0 Å². The van der Waals surface area contributed by atoms with Gasteiger partial charge in [-0.05, 0) is 21.5 Å². The third-order valence-corrected chi connectivity index (χ3v) is 3.22. The van der Waals surface area contributed by atoms with Crippen LogP contribution in [0.3, 0.4) is 0 Å². The predicted octanol–water partition coefficient (Wildman–Crippen LogP) is 3.85. The minimum Gasteiger partial charge on any atom is -0.168 e. The lowest BCUT2D eigenvalue weighted by molar-refractivity contribution is -0.161. The fourth-order valence-corrected chi connectivity index (χ4v) is 1.85. The predicted molar refractivity (Wildman–Crippen MR) is 63.4 cm³/mol. The Morgan fingerprint density at radius 2 is 1.78 bits per heavy atom. The highest BCUT2D eigenvalue weighted by molar-refractivity contribution is 9.10. The number of halogens is 5. The molecule has 18 heavy (non-hydrogen) atoms. The second-order valence-electron chi connectivity index (χ2n) is 3.46. The van der Waals surface area contributed by atoms with Gasteiger partial charge in [0.1, 0.15) is 0 Å². The summed E-state index contributed by atoms with van der Waals surface area (Å²) in [7, 11) is 0. The van der Waals surface area contributed by atoms with Crippen LogP contribution in [0.15, 0.2) is 34.9 Å². The van der Waals surface area contributed by atoms with Gasteiger partial charge >= 0.3 is 6.18 Å². The maximum absolute atomic E-state index is 13.1. The topological polar surface area (TPSA) is 30.7 Å². The number of aromatic nitrogens is 3. The monoisotopic (exact) mass is 339 g/mol. The van der Waals surface area contributed by atoms with Crippen molar-refractivity contribution in [3.05, 3.63) is 45.7 Å². The van der Waals surface area contributed by atoms with Gasteiger partial charge in [0.2, 0.25) is 0 Å². The quantitative estimate of drug-likeness (QED) is 0.831. The molecule has 0 N–H and O–H groups in total. The molecule has 0 aliphatic rings. The fraction of sp³-hybridized carbons (Fsp3) is 0.200. The van der Waals surface area contributed by atoms with Gasteiger partial charge in [-0.1, -0.05) is 41.9 Å². The summed E-state index contributed by atoms with van der Waals surface area (Å²) in [5, 5.41) is 7.07. The lowest BCUT2D eigenvalue weighted by atomic mass is 10.1. The van der Waals surface area contributed by atoms with E-state index >= 15 is 0 Å². The van der Waals surface area contributed by atoms with Gasteiger partial charge in [-0.25, -0.2) is 0 Å². The van der Waals surface area contributed by atoms with Crippen molar-refractivity contribution in [2.45, 2.75) is 12.2 Å². The van der Waals surface area contributed by atoms with Gasteiger partial charge in [0.15, 0.2) is 15.8 Å². The smallest absolute Gasteiger partial charge is 0.168 e. The van der Waals surface area contributed by atoms with Crippen LogP contribution in [0, 0.1) is 0 Å². The maximum Gasteiger partial charge on any atom is 0.416 e. The van der Waals surface area contributed by atoms with E-state index in [4.69, 9.17) is 11.6 Å². The molecule has 3 nitrogen and oxygen atoms in total. The Morgan fingerprint density at radius 1 is 1.17 bits per heavy atom. The molecule has 0 radical (unpaired) electrons. The number of rotatable bonds is 2. The number of alkyl halides is 3. The van der Waals surface area contributed by atoms with Crippen LogP contribution in [0.4, 0.5) is 13.2 Å². The third-order valence-electron chi connectivity index (χ3n) is 2.21. The zero-order chi connectivity index (χ0) is 13.3. The van der Waals surface area contributed by atoms with Gasteiger partial charge in [-0.3, -0.25) is 0 Å². The second-order valence-corrected chi connectivity index (χ2v) is 4.57. The highest BCUT2D eigenvalue weighted by Gasteiger charge is 2.44. The molecule has 0 aliphatic heterocycles. The molecule has 0 fully saturated rings. The molecule has 0 amide bonds. The van der Waals surface area contributed by atoms with Gasteiger partial charge in [-0.15, -0.1) is 10.2 Å². The van der Waals surface area contributed by atoms with E-state index in [2.05, 4.69) is 26.1 Å². The van der Waals surface area contributed by atoms with Crippen LogP contribution in [-0.4, -0.2) is 21.2 Å².